The van der Waals surface area contributed by atoms with Crippen molar-refractivity contribution in [1.82, 2.24) is 0 Å². The van der Waals surface area contributed by atoms with E-state index in [4.69, 9.17) is 0 Å². The number of hydrogen-bond acceptors (Lipinski definition) is 2. The molecule has 0 radical (unpaired) electrons. The Hall–Kier alpha value is -2.40. The van der Waals surface area contributed by atoms with E-state index < -0.39 is 0 Å². The molecule has 0 aliphatic heterocycles. The molecule has 0 bridgehead atoms. The molecular weight excluding hydrogens is 445 g/mol. The molecule has 1 atom stereocenters. The summed E-state index contributed by atoms with van der Waals surface area (Å²) in [7, 11) is 0. The summed E-state index contributed by atoms with van der Waals surface area (Å²) in [5.74, 6) is 0.0900. The molecule has 0 N–H and O–H groups in total. The third kappa shape index (κ3) is 4.86. The molecule has 3 aromatic rings. The Labute approximate surface area is 174 Å². The van der Waals surface area contributed by atoms with Crippen LogP contribution in [0.2, 0.25) is 0 Å². The number of halogens is 1. The van der Waals surface area contributed by atoms with Crippen LogP contribution in [0.15, 0.2) is 101 Å². The topological polar surface area (TPSA) is 20.3 Å². The first-order chi connectivity index (χ1) is 13.2. The summed E-state index contributed by atoms with van der Waals surface area (Å²) in [4.78, 5) is 14.8. The second-order valence-electron chi connectivity index (χ2n) is 6.38. The third-order valence-corrected chi connectivity index (χ3v) is 5.20. The Morgan fingerprint density at radius 2 is 1.41 bits per heavy atom. The van der Waals surface area contributed by atoms with Crippen LogP contribution in [0.1, 0.15) is 24.1 Å². The molecule has 2 nitrogen and oxygen atoms in total. The van der Waals surface area contributed by atoms with Gasteiger partial charge in [0.2, 0.25) is 0 Å². The average molecular weight is 467 g/mol. The molecule has 3 aromatic carbocycles. The number of benzene rings is 3. The van der Waals surface area contributed by atoms with Gasteiger partial charge in [-0.1, -0.05) is 101 Å². The lowest BCUT2D eigenvalue weighted by Crippen LogP contribution is -2.31. The highest BCUT2D eigenvalue weighted by atomic mass is 127. The van der Waals surface area contributed by atoms with E-state index in [1.54, 1.807) is 6.92 Å². The third-order valence-electron chi connectivity index (χ3n) is 4.53. The van der Waals surface area contributed by atoms with E-state index >= 15 is 0 Å². The van der Waals surface area contributed by atoms with Gasteiger partial charge < -0.3 is 4.90 Å². The van der Waals surface area contributed by atoms with Crippen LogP contribution in [0.3, 0.4) is 0 Å². The number of carbonyl (C=O) groups excluding carboxylic acids is 1. The average Bonchev–Trinajstić information content (AvgIpc) is 2.72. The van der Waals surface area contributed by atoms with E-state index in [0.717, 1.165) is 16.8 Å². The van der Waals surface area contributed by atoms with Gasteiger partial charge in [0.1, 0.15) is 0 Å². The number of rotatable bonds is 7. The van der Waals surface area contributed by atoms with Gasteiger partial charge in [-0.2, -0.15) is 0 Å². The highest BCUT2D eigenvalue weighted by molar-refractivity contribution is 14.1. The molecule has 27 heavy (non-hydrogen) atoms. The number of para-hydroxylation sites is 1. The fraction of sp³-hybridized carbons (Fsp3) is 0.125. The Morgan fingerprint density at radius 3 is 1.93 bits per heavy atom. The summed E-state index contributed by atoms with van der Waals surface area (Å²) in [6.07, 6.45) is 0. The summed E-state index contributed by atoms with van der Waals surface area (Å²) >= 11 is 2.18. The Morgan fingerprint density at radius 1 is 0.889 bits per heavy atom. The van der Waals surface area contributed by atoms with Crippen molar-refractivity contribution >= 4 is 34.1 Å². The summed E-state index contributed by atoms with van der Waals surface area (Å²) in [5, 5.41) is 0. The van der Waals surface area contributed by atoms with Crippen molar-refractivity contribution in [1.29, 1.82) is 0 Å². The Balaban J connectivity index is 2.14. The molecule has 0 spiro atoms. The first kappa shape index (κ1) is 19.4. The minimum Gasteiger partial charge on any atom is -0.356 e. The predicted molar refractivity (Wildman–Crippen MR) is 121 cm³/mol. The summed E-state index contributed by atoms with van der Waals surface area (Å²) in [5.41, 5.74) is 4.20. The maximum Gasteiger partial charge on any atom is 0.158 e. The van der Waals surface area contributed by atoms with Crippen molar-refractivity contribution < 1.29 is 4.79 Å². The van der Waals surface area contributed by atoms with Crippen LogP contribution in [0.25, 0.3) is 0 Å². The zero-order chi connectivity index (χ0) is 19.1. The van der Waals surface area contributed by atoms with Gasteiger partial charge in [-0.05, 0) is 34.3 Å². The number of nitrogens with zero attached hydrogens (tertiary/aromatic N) is 1. The first-order valence-electron chi connectivity index (χ1n) is 8.92. The van der Waals surface area contributed by atoms with Crippen molar-refractivity contribution in [2.75, 3.05) is 4.90 Å². The lowest BCUT2D eigenvalue weighted by Gasteiger charge is -2.35. The van der Waals surface area contributed by atoms with Crippen molar-refractivity contribution in [2.24, 2.45) is 0 Å². The second-order valence-corrected chi connectivity index (χ2v) is 7.01. The normalized spacial score (nSPS) is 12.4. The van der Waals surface area contributed by atoms with E-state index in [9.17, 15) is 4.79 Å². The van der Waals surface area contributed by atoms with Crippen LogP contribution in [-0.4, -0.2) is 5.78 Å². The fourth-order valence-electron chi connectivity index (χ4n) is 3.22. The standard InChI is InChI=1S/C24H22INO/c1-19(27)23(17-25)24(21-13-7-3-8-14-21)26(22-15-9-4-10-16-22)18-20-11-5-2-6-12-20/h2-17,24H,18H2,1H3/b23-17-. The molecule has 0 saturated heterocycles. The van der Waals surface area contributed by atoms with Gasteiger partial charge in [-0.3, -0.25) is 4.79 Å². The van der Waals surface area contributed by atoms with Gasteiger partial charge in [0.25, 0.3) is 0 Å². The zero-order valence-corrected chi connectivity index (χ0v) is 17.4. The molecule has 3 rings (SSSR count). The molecule has 136 valence electrons. The van der Waals surface area contributed by atoms with Crippen molar-refractivity contribution in [3.63, 3.8) is 0 Å². The molecule has 3 heteroatoms. The maximum absolute atomic E-state index is 12.5. The summed E-state index contributed by atoms with van der Waals surface area (Å²) in [6.45, 7) is 2.36. The first-order valence-corrected chi connectivity index (χ1v) is 10.2. The van der Waals surface area contributed by atoms with Crippen LogP contribution in [0.5, 0.6) is 0 Å². The minimum absolute atomic E-state index is 0.0900. The largest absolute Gasteiger partial charge is 0.356 e. The highest BCUT2D eigenvalue weighted by Gasteiger charge is 2.27. The van der Waals surface area contributed by atoms with E-state index in [-0.39, 0.29) is 11.8 Å². The Kier molecular flexibility index (Phi) is 6.82. The molecule has 0 heterocycles. The van der Waals surface area contributed by atoms with Crippen molar-refractivity contribution in [2.45, 2.75) is 19.5 Å². The van der Waals surface area contributed by atoms with Gasteiger partial charge >= 0.3 is 0 Å². The van der Waals surface area contributed by atoms with Crippen molar-refractivity contribution in [3.8, 4) is 0 Å². The number of ketones is 1. The van der Waals surface area contributed by atoms with Gasteiger partial charge in [-0.15, -0.1) is 0 Å². The molecule has 0 aromatic heterocycles. The van der Waals surface area contributed by atoms with E-state index in [1.807, 2.05) is 46.5 Å². The summed E-state index contributed by atoms with van der Waals surface area (Å²) in [6, 6.07) is 30.8. The number of Topliss-reactive ketones (excluding diaryl/α,β-unsaturated/α-hetero) is 1. The maximum atomic E-state index is 12.5. The van der Waals surface area contributed by atoms with E-state index in [2.05, 4.69) is 76.0 Å². The lowest BCUT2D eigenvalue weighted by atomic mass is 9.94. The van der Waals surface area contributed by atoms with Crippen molar-refractivity contribution in [3.05, 3.63) is 112 Å². The van der Waals surface area contributed by atoms with Gasteiger partial charge in [0, 0.05) is 17.8 Å². The number of anilines is 1. The van der Waals surface area contributed by atoms with Crippen LogP contribution in [0.4, 0.5) is 5.69 Å². The molecule has 0 aliphatic rings. The monoisotopic (exact) mass is 467 g/mol. The van der Waals surface area contributed by atoms with Crippen LogP contribution in [0, 0.1) is 0 Å². The smallest absolute Gasteiger partial charge is 0.158 e. The van der Waals surface area contributed by atoms with E-state index in [1.165, 1.54) is 5.56 Å². The lowest BCUT2D eigenvalue weighted by molar-refractivity contribution is -0.113. The van der Waals surface area contributed by atoms with Crippen LogP contribution in [-0.2, 0) is 11.3 Å². The van der Waals surface area contributed by atoms with Crippen LogP contribution < -0.4 is 4.90 Å². The number of carbonyl (C=O) groups is 1. The minimum atomic E-state index is -0.150. The quantitative estimate of drug-likeness (QED) is 0.299. The molecule has 0 saturated carbocycles. The Bertz CT molecular complexity index is 891. The molecule has 0 amide bonds. The van der Waals surface area contributed by atoms with E-state index in [0.29, 0.717) is 6.54 Å². The SMILES string of the molecule is CC(=O)/C(=C/I)C(c1ccccc1)N(Cc1ccccc1)c1ccccc1. The highest BCUT2D eigenvalue weighted by Crippen LogP contribution is 2.35. The molecule has 1 unspecified atom stereocenters. The van der Waals surface area contributed by atoms with Gasteiger partial charge in [0.05, 0.1) is 6.04 Å². The molecule has 0 aliphatic carbocycles. The predicted octanol–water partition coefficient (Wildman–Crippen LogP) is 6.34. The zero-order valence-electron chi connectivity index (χ0n) is 15.3. The van der Waals surface area contributed by atoms with Gasteiger partial charge in [0.15, 0.2) is 5.78 Å². The summed E-state index contributed by atoms with van der Waals surface area (Å²) < 4.78 is 1.92. The molecule has 0 fully saturated rings. The number of hydrogen-bond donors (Lipinski definition) is 0. The molecular formula is C24H22INO. The fourth-order valence-corrected chi connectivity index (χ4v) is 4.00. The van der Waals surface area contributed by atoms with Gasteiger partial charge in [-0.25, -0.2) is 0 Å². The van der Waals surface area contributed by atoms with Crippen LogP contribution >= 0.6 is 22.6 Å². The second kappa shape index (κ2) is 9.51.